The fraction of sp³-hybridized carbons (Fsp3) is 0.423. The van der Waals surface area contributed by atoms with Crippen molar-refractivity contribution in [1.82, 2.24) is 0 Å². The molecule has 1 N–H and O–H groups in total. The largest absolute Gasteiger partial charge is 0.456 e. The zero-order valence-corrected chi connectivity index (χ0v) is 18.8. The summed E-state index contributed by atoms with van der Waals surface area (Å²) in [4.78, 5) is 36.4. The van der Waals surface area contributed by atoms with Gasteiger partial charge in [-0.25, -0.2) is 0 Å². The lowest BCUT2D eigenvalue weighted by atomic mass is 10.0. The van der Waals surface area contributed by atoms with E-state index in [2.05, 4.69) is 12.2 Å². The van der Waals surface area contributed by atoms with Gasteiger partial charge in [-0.3, -0.25) is 14.4 Å². The normalized spacial score (nSPS) is 10.7. The van der Waals surface area contributed by atoms with Crippen LogP contribution in [0.5, 0.6) is 0 Å². The number of aryl methyl sites for hydroxylation is 1. The number of rotatable bonds is 12. The Morgan fingerprint density at radius 1 is 0.935 bits per heavy atom. The minimum atomic E-state index is -0.558. The van der Waals surface area contributed by atoms with Crippen molar-refractivity contribution in [2.75, 3.05) is 11.9 Å². The van der Waals surface area contributed by atoms with E-state index in [9.17, 15) is 14.4 Å². The van der Waals surface area contributed by atoms with Crippen LogP contribution in [0.25, 0.3) is 0 Å². The third-order valence-corrected chi connectivity index (χ3v) is 5.12. The second-order valence-electron chi connectivity index (χ2n) is 8.03. The van der Waals surface area contributed by atoms with Crippen molar-refractivity contribution in [3.05, 3.63) is 65.2 Å². The number of nitrogens with one attached hydrogen (secondary N) is 1. The Kier molecular flexibility index (Phi) is 9.95. The molecule has 0 aliphatic rings. The van der Waals surface area contributed by atoms with Crippen LogP contribution < -0.4 is 5.32 Å². The highest BCUT2D eigenvalue weighted by Gasteiger charge is 2.13. The second-order valence-corrected chi connectivity index (χ2v) is 8.03. The molecule has 2 rings (SSSR count). The van der Waals surface area contributed by atoms with E-state index in [1.165, 1.54) is 18.4 Å². The Morgan fingerprint density at radius 3 is 2.32 bits per heavy atom. The number of hydrogen-bond acceptors (Lipinski definition) is 4. The number of Topliss-reactive ketones (excluding diaryl/α,β-unsaturated/α-hetero) is 1. The number of benzene rings is 2. The van der Waals surface area contributed by atoms with Gasteiger partial charge in [0.1, 0.15) is 0 Å². The molecule has 0 atom stereocenters. The molecule has 2 aromatic carbocycles. The van der Waals surface area contributed by atoms with Crippen molar-refractivity contribution < 1.29 is 19.1 Å². The standard InChI is InChI=1S/C26H33NO4/c1-4-5-6-9-20-12-14-21(15-13-20)24(28)16-17-26(30)31-18-25(29)27-23-11-8-7-10-22(23)19(2)3/h7-8,10-15,19H,4-6,9,16-18H2,1-3H3,(H,27,29). The van der Waals surface area contributed by atoms with E-state index in [-0.39, 0.29) is 31.1 Å². The molecule has 0 spiro atoms. The van der Waals surface area contributed by atoms with Crippen molar-refractivity contribution >= 4 is 23.3 Å². The molecule has 1 amide bonds. The molecule has 0 aliphatic heterocycles. The summed E-state index contributed by atoms with van der Waals surface area (Å²) in [5, 5.41) is 2.78. The minimum absolute atomic E-state index is 0.0487. The smallest absolute Gasteiger partial charge is 0.306 e. The van der Waals surface area contributed by atoms with E-state index < -0.39 is 11.9 Å². The SMILES string of the molecule is CCCCCc1ccc(C(=O)CCC(=O)OCC(=O)Nc2ccccc2C(C)C)cc1. The Bertz CT molecular complexity index is 871. The number of para-hydroxylation sites is 1. The molecular formula is C26H33NO4. The Labute approximate surface area is 185 Å². The number of ketones is 1. The molecule has 166 valence electrons. The van der Waals surface area contributed by atoms with Crippen molar-refractivity contribution in [3.8, 4) is 0 Å². The lowest BCUT2D eigenvalue weighted by Crippen LogP contribution is -2.22. The molecular weight excluding hydrogens is 390 g/mol. The average Bonchev–Trinajstić information content (AvgIpc) is 2.77. The lowest BCUT2D eigenvalue weighted by molar-refractivity contribution is -0.147. The molecule has 2 aromatic rings. The first kappa shape index (κ1) is 24.3. The molecule has 0 heterocycles. The van der Waals surface area contributed by atoms with Crippen molar-refractivity contribution in [3.63, 3.8) is 0 Å². The number of unbranched alkanes of at least 4 members (excludes halogenated alkanes) is 2. The summed E-state index contributed by atoms with van der Waals surface area (Å²) in [6.45, 7) is 5.89. The van der Waals surface area contributed by atoms with Crippen molar-refractivity contribution in [2.45, 2.75) is 65.2 Å². The first-order valence-corrected chi connectivity index (χ1v) is 11.1. The lowest BCUT2D eigenvalue weighted by Gasteiger charge is -2.13. The molecule has 0 saturated carbocycles. The van der Waals surface area contributed by atoms with E-state index >= 15 is 0 Å². The summed E-state index contributed by atoms with van der Waals surface area (Å²) in [6, 6.07) is 15.1. The summed E-state index contributed by atoms with van der Waals surface area (Å²) in [5.41, 5.74) is 3.54. The first-order chi connectivity index (χ1) is 14.9. The van der Waals surface area contributed by atoms with Crippen LogP contribution in [0.3, 0.4) is 0 Å². The van der Waals surface area contributed by atoms with Gasteiger partial charge in [-0.15, -0.1) is 0 Å². The fourth-order valence-corrected chi connectivity index (χ4v) is 3.32. The highest BCUT2D eigenvalue weighted by molar-refractivity contribution is 5.98. The van der Waals surface area contributed by atoms with Gasteiger partial charge in [0.15, 0.2) is 12.4 Å². The van der Waals surface area contributed by atoms with E-state index in [4.69, 9.17) is 4.74 Å². The Morgan fingerprint density at radius 2 is 1.65 bits per heavy atom. The quantitative estimate of drug-likeness (QED) is 0.270. The predicted molar refractivity (Wildman–Crippen MR) is 123 cm³/mol. The van der Waals surface area contributed by atoms with Crippen LogP contribution in [0.15, 0.2) is 48.5 Å². The van der Waals surface area contributed by atoms with Gasteiger partial charge in [0.2, 0.25) is 0 Å². The van der Waals surface area contributed by atoms with Gasteiger partial charge < -0.3 is 10.1 Å². The van der Waals surface area contributed by atoms with Crippen LogP contribution in [-0.2, 0) is 20.7 Å². The van der Waals surface area contributed by atoms with Gasteiger partial charge in [-0.1, -0.05) is 76.1 Å². The molecule has 0 aromatic heterocycles. The van der Waals surface area contributed by atoms with Gasteiger partial charge in [0.05, 0.1) is 6.42 Å². The van der Waals surface area contributed by atoms with Gasteiger partial charge >= 0.3 is 5.97 Å². The summed E-state index contributed by atoms with van der Waals surface area (Å²) in [7, 11) is 0. The van der Waals surface area contributed by atoms with Gasteiger partial charge in [-0.2, -0.15) is 0 Å². The number of carbonyl (C=O) groups excluding carboxylic acids is 3. The van der Waals surface area contributed by atoms with Crippen LogP contribution in [-0.4, -0.2) is 24.3 Å². The molecule has 31 heavy (non-hydrogen) atoms. The summed E-state index contributed by atoms with van der Waals surface area (Å²) < 4.78 is 5.03. The molecule has 0 aliphatic carbocycles. The van der Waals surface area contributed by atoms with Crippen molar-refractivity contribution in [1.29, 1.82) is 0 Å². The van der Waals surface area contributed by atoms with E-state index in [0.29, 0.717) is 11.3 Å². The maximum absolute atomic E-state index is 12.3. The zero-order valence-electron chi connectivity index (χ0n) is 18.8. The average molecular weight is 424 g/mol. The number of amides is 1. The van der Waals surface area contributed by atoms with Crippen LogP contribution in [0.1, 0.15) is 80.3 Å². The monoisotopic (exact) mass is 423 g/mol. The molecule has 0 bridgehead atoms. The molecule has 0 unspecified atom stereocenters. The van der Waals surface area contributed by atoms with Gasteiger partial charge in [-0.05, 0) is 36.0 Å². The fourth-order valence-electron chi connectivity index (χ4n) is 3.32. The third-order valence-electron chi connectivity index (χ3n) is 5.12. The van der Waals surface area contributed by atoms with Crippen LogP contribution in [0.2, 0.25) is 0 Å². The van der Waals surface area contributed by atoms with Crippen LogP contribution in [0, 0.1) is 0 Å². The van der Waals surface area contributed by atoms with Gasteiger partial charge in [0.25, 0.3) is 5.91 Å². The topological polar surface area (TPSA) is 72.5 Å². The van der Waals surface area contributed by atoms with E-state index in [1.54, 1.807) is 0 Å². The Balaban J connectivity index is 1.74. The highest BCUT2D eigenvalue weighted by atomic mass is 16.5. The van der Waals surface area contributed by atoms with Crippen LogP contribution in [0.4, 0.5) is 5.69 Å². The van der Waals surface area contributed by atoms with E-state index in [1.807, 2.05) is 62.4 Å². The Hall–Kier alpha value is -2.95. The maximum atomic E-state index is 12.3. The first-order valence-electron chi connectivity index (χ1n) is 11.1. The number of hydrogen-bond donors (Lipinski definition) is 1. The maximum Gasteiger partial charge on any atom is 0.306 e. The zero-order chi connectivity index (χ0) is 22.6. The molecule has 0 saturated heterocycles. The molecule has 0 radical (unpaired) electrons. The van der Waals surface area contributed by atoms with Crippen LogP contribution >= 0.6 is 0 Å². The molecule has 5 heteroatoms. The number of carbonyl (C=O) groups is 3. The minimum Gasteiger partial charge on any atom is -0.456 e. The molecule has 0 fully saturated rings. The number of anilines is 1. The summed E-state index contributed by atoms with van der Waals surface area (Å²) in [6.07, 6.45) is 4.55. The van der Waals surface area contributed by atoms with Crippen molar-refractivity contribution in [2.24, 2.45) is 0 Å². The molecule has 5 nitrogen and oxygen atoms in total. The second kappa shape index (κ2) is 12.7. The third kappa shape index (κ3) is 8.36. The number of esters is 1. The van der Waals surface area contributed by atoms with Gasteiger partial charge in [0, 0.05) is 17.7 Å². The summed E-state index contributed by atoms with van der Waals surface area (Å²) in [5.74, 6) is -0.800. The highest BCUT2D eigenvalue weighted by Crippen LogP contribution is 2.23. The predicted octanol–water partition coefficient (Wildman–Crippen LogP) is 5.69. The number of ether oxygens (including phenoxy) is 1. The summed E-state index contributed by atoms with van der Waals surface area (Å²) >= 11 is 0. The van der Waals surface area contributed by atoms with E-state index in [0.717, 1.165) is 18.4 Å².